The van der Waals surface area contributed by atoms with Crippen LogP contribution in [-0.4, -0.2) is 47.2 Å². The molecule has 4 rings (SSSR count). The number of anilines is 3. The number of rotatable bonds is 7. The zero-order chi connectivity index (χ0) is 27.5. The molecule has 1 saturated heterocycles. The van der Waals surface area contributed by atoms with Crippen LogP contribution in [0, 0.1) is 13.8 Å². The number of benzene rings is 3. The van der Waals surface area contributed by atoms with Crippen LogP contribution in [-0.2, 0) is 25.7 Å². The molecule has 0 unspecified atom stereocenters. The summed E-state index contributed by atoms with van der Waals surface area (Å²) in [6.07, 6.45) is -4.69. The van der Waals surface area contributed by atoms with Gasteiger partial charge in [-0.3, -0.25) is 9.10 Å². The zero-order valence-corrected chi connectivity index (χ0v) is 21.8. The van der Waals surface area contributed by atoms with Crippen molar-refractivity contribution in [2.75, 3.05) is 47.4 Å². The van der Waals surface area contributed by atoms with Crippen LogP contribution < -0.4 is 14.5 Å². The van der Waals surface area contributed by atoms with Crippen LogP contribution in [0.15, 0.2) is 71.6 Å². The van der Waals surface area contributed by atoms with Crippen molar-refractivity contribution in [3.05, 3.63) is 83.4 Å². The maximum Gasteiger partial charge on any atom is 0.416 e. The molecule has 1 amide bonds. The number of sulfonamides is 1. The Morgan fingerprint density at radius 2 is 1.68 bits per heavy atom. The normalized spacial score (nSPS) is 14.3. The monoisotopic (exact) mass is 547 g/mol. The number of ether oxygens (including phenoxy) is 1. The summed E-state index contributed by atoms with van der Waals surface area (Å²) in [5, 5.41) is 2.66. The number of nitrogens with zero attached hydrogens (tertiary/aromatic N) is 2. The summed E-state index contributed by atoms with van der Waals surface area (Å²) in [4.78, 5) is 15.1. The highest BCUT2D eigenvalue weighted by molar-refractivity contribution is 7.93. The van der Waals surface area contributed by atoms with Gasteiger partial charge >= 0.3 is 6.18 Å². The lowest BCUT2D eigenvalue weighted by atomic mass is 10.2. The maximum atomic E-state index is 13.7. The van der Waals surface area contributed by atoms with Gasteiger partial charge < -0.3 is 15.0 Å². The van der Waals surface area contributed by atoms with Gasteiger partial charge in [0.1, 0.15) is 6.54 Å². The molecule has 0 bridgehead atoms. The van der Waals surface area contributed by atoms with Crippen molar-refractivity contribution in [3.63, 3.8) is 0 Å². The molecule has 1 N–H and O–H groups in total. The van der Waals surface area contributed by atoms with E-state index in [1.165, 1.54) is 12.1 Å². The van der Waals surface area contributed by atoms with Crippen LogP contribution in [0.2, 0.25) is 0 Å². The van der Waals surface area contributed by atoms with Crippen molar-refractivity contribution in [1.82, 2.24) is 0 Å². The van der Waals surface area contributed by atoms with Crippen LogP contribution in [0.3, 0.4) is 0 Å². The highest BCUT2D eigenvalue weighted by atomic mass is 32.2. The van der Waals surface area contributed by atoms with Crippen molar-refractivity contribution in [3.8, 4) is 0 Å². The number of aryl methyl sites for hydroxylation is 2. The Kier molecular flexibility index (Phi) is 7.98. The molecule has 1 aliphatic heterocycles. The molecule has 11 heteroatoms. The average Bonchev–Trinajstić information content (AvgIpc) is 2.89. The first-order valence-corrected chi connectivity index (χ1v) is 13.4. The smallest absolute Gasteiger partial charge is 0.378 e. The summed E-state index contributed by atoms with van der Waals surface area (Å²) in [6.45, 7) is 5.31. The highest BCUT2D eigenvalue weighted by Crippen LogP contribution is 2.34. The number of hydrogen-bond acceptors (Lipinski definition) is 5. The topological polar surface area (TPSA) is 79.0 Å². The second-order valence-corrected chi connectivity index (χ2v) is 10.9. The first kappa shape index (κ1) is 27.5. The Labute approximate surface area is 219 Å². The van der Waals surface area contributed by atoms with Gasteiger partial charge in [0, 0.05) is 24.5 Å². The maximum absolute atomic E-state index is 13.7. The molecular formula is C27H28F3N3O4S. The summed E-state index contributed by atoms with van der Waals surface area (Å²) >= 11 is 0. The van der Waals surface area contributed by atoms with E-state index in [1.54, 1.807) is 38.1 Å². The Morgan fingerprint density at radius 1 is 1.00 bits per heavy atom. The minimum atomic E-state index is -4.69. The number of hydrogen-bond donors (Lipinski definition) is 1. The number of morpholine rings is 1. The standard InChI is InChI=1S/C27H28F3N3O4S/c1-19-6-7-20(2)25(16-19)38(35,36)33(24-5-3-4-21(17-24)27(28,29)30)18-26(34)31-22-8-10-23(11-9-22)32-12-14-37-15-13-32/h3-11,16-17H,12-15,18H2,1-2H3,(H,31,34). The lowest BCUT2D eigenvalue weighted by Crippen LogP contribution is -2.38. The van der Waals surface area contributed by atoms with E-state index in [0.29, 0.717) is 34.3 Å². The minimum absolute atomic E-state index is 0.0856. The fourth-order valence-electron chi connectivity index (χ4n) is 4.16. The first-order chi connectivity index (χ1) is 17.9. The average molecular weight is 548 g/mol. The van der Waals surface area contributed by atoms with Gasteiger partial charge in [0.2, 0.25) is 5.91 Å². The molecule has 3 aromatic carbocycles. The number of alkyl halides is 3. The molecular weight excluding hydrogens is 519 g/mol. The molecule has 1 aliphatic rings. The van der Waals surface area contributed by atoms with E-state index in [-0.39, 0.29) is 10.6 Å². The molecule has 0 radical (unpaired) electrons. The summed E-state index contributed by atoms with van der Waals surface area (Å²) in [7, 11) is -4.39. The molecule has 7 nitrogen and oxygen atoms in total. The predicted octanol–water partition coefficient (Wildman–Crippen LogP) is 4.99. The SMILES string of the molecule is Cc1ccc(C)c(S(=O)(=O)N(CC(=O)Nc2ccc(N3CCOCC3)cc2)c2cccc(C(F)(F)F)c2)c1. The van der Waals surface area contributed by atoms with Gasteiger partial charge in [-0.1, -0.05) is 18.2 Å². The molecule has 0 atom stereocenters. The Morgan fingerprint density at radius 3 is 2.34 bits per heavy atom. The second kappa shape index (κ2) is 11.0. The van der Waals surface area contributed by atoms with E-state index in [4.69, 9.17) is 4.74 Å². The fraction of sp³-hybridized carbons (Fsp3) is 0.296. The largest absolute Gasteiger partial charge is 0.416 e. The fourth-order valence-corrected chi connectivity index (χ4v) is 5.89. The Hall–Kier alpha value is -3.57. The third-order valence-corrected chi connectivity index (χ3v) is 8.10. The van der Waals surface area contributed by atoms with Crippen LogP contribution in [0.1, 0.15) is 16.7 Å². The Bertz CT molecular complexity index is 1400. The van der Waals surface area contributed by atoms with E-state index >= 15 is 0 Å². The molecule has 0 aromatic heterocycles. The summed E-state index contributed by atoms with van der Waals surface area (Å²) in [5.41, 5.74) is 1.16. The van der Waals surface area contributed by atoms with Crippen molar-refractivity contribution in [2.45, 2.75) is 24.9 Å². The van der Waals surface area contributed by atoms with Gasteiger partial charge in [0.05, 0.1) is 29.4 Å². The van der Waals surface area contributed by atoms with Gasteiger partial charge in [-0.25, -0.2) is 8.42 Å². The zero-order valence-electron chi connectivity index (χ0n) is 21.0. The molecule has 0 aliphatic carbocycles. The second-order valence-electron chi connectivity index (χ2n) is 9.02. The molecule has 0 saturated carbocycles. The highest BCUT2D eigenvalue weighted by Gasteiger charge is 2.33. The van der Waals surface area contributed by atoms with E-state index in [0.717, 1.165) is 37.0 Å². The van der Waals surface area contributed by atoms with Gasteiger partial charge in [-0.15, -0.1) is 0 Å². The van der Waals surface area contributed by atoms with Crippen LogP contribution in [0.25, 0.3) is 0 Å². The number of amides is 1. The third-order valence-electron chi connectivity index (χ3n) is 6.19. The molecule has 3 aromatic rings. The van der Waals surface area contributed by atoms with E-state index in [9.17, 15) is 26.4 Å². The first-order valence-electron chi connectivity index (χ1n) is 11.9. The lowest BCUT2D eigenvalue weighted by molar-refractivity contribution is -0.137. The van der Waals surface area contributed by atoms with Crippen molar-refractivity contribution >= 4 is 33.0 Å². The Balaban J connectivity index is 1.63. The van der Waals surface area contributed by atoms with E-state index in [1.807, 2.05) is 12.1 Å². The summed E-state index contributed by atoms with van der Waals surface area (Å²) in [5.74, 6) is -0.699. The number of carbonyl (C=O) groups is 1. The molecule has 1 fully saturated rings. The molecule has 38 heavy (non-hydrogen) atoms. The third kappa shape index (κ3) is 6.28. The molecule has 0 spiro atoms. The molecule has 202 valence electrons. The van der Waals surface area contributed by atoms with Crippen molar-refractivity contribution < 1.29 is 31.1 Å². The molecule has 1 heterocycles. The van der Waals surface area contributed by atoms with Crippen LogP contribution in [0.4, 0.5) is 30.2 Å². The quantitative estimate of drug-likeness (QED) is 0.451. The van der Waals surface area contributed by atoms with Crippen molar-refractivity contribution in [1.29, 1.82) is 0 Å². The predicted molar refractivity (Wildman–Crippen MR) is 140 cm³/mol. The minimum Gasteiger partial charge on any atom is -0.378 e. The van der Waals surface area contributed by atoms with Gasteiger partial charge in [0.25, 0.3) is 10.0 Å². The van der Waals surface area contributed by atoms with Gasteiger partial charge in [-0.2, -0.15) is 13.2 Å². The van der Waals surface area contributed by atoms with Crippen LogP contribution in [0.5, 0.6) is 0 Å². The van der Waals surface area contributed by atoms with Crippen molar-refractivity contribution in [2.24, 2.45) is 0 Å². The number of carbonyl (C=O) groups excluding carboxylic acids is 1. The van der Waals surface area contributed by atoms with E-state index < -0.39 is 34.2 Å². The summed E-state index contributed by atoms with van der Waals surface area (Å²) in [6, 6.07) is 15.8. The van der Waals surface area contributed by atoms with E-state index in [2.05, 4.69) is 10.2 Å². The van der Waals surface area contributed by atoms with Gasteiger partial charge in [0.15, 0.2) is 0 Å². The van der Waals surface area contributed by atoms with Crippen LogP contribution >= 0.6 is 0 Å². The number of halogens is 3. The van der Waals surface area contributed by atoms with Gasteiger partial charge in [-0.05, 0) is 73.5 Å². The number of nitrogens with one attached hydrogen (secondary N) is 1. The summed E-state index contributed by atoms with van der Waals surface area (Å²) < 4.78 is 73.8. The lowest BCUT2D eigenvalue weighted by Gasteiger charge is -2.29.